The van der Waals surface area contributed by atoms with Gasteiger partial charge in [-0.2, -0.15) is 5.10 Å². The van der Waals surface area contributed by atoms with Gasteiger partial charge in [0.1, 0.15) is 11.2 Å². The molecule has 4 aromatic heterocycles. The van der Waals surface area contributed by atoms with Crippen LogP contribution in [0.15, 0.2) is 12.5 Å². The van der Waals surface area contributed by atoms with E-state index in [1.807, 2.05) is 15.9 Å². The lowest BCUT2D eigenvalue weighted by Crippen LogP contribution is -2.42. The number of fused-ring (bicyclic) bond motifs is 2. The van der Waals surface area contributed by atoms with Crippen LogP contribution in [0.2, 0.25) is 0 Å². The predicted molar refractivity (Wildman–Crippen MR) is 139 cm³/mol. The van der Waals surface area contributed by atoms with Gasteiger partial charge in [-0.05, 0) is 73.7 Å². The lowest BCUT2D eigenvalue weighted by Gasteiger charge is -2.36. The van der Waals surface area contributed by atoms with Crippen molar-refractivity contribution in [2.45, 2.75) is 59.8 Å². The number of nitrogens with two attached hydrogens (primary N) is 1. The third-order valence-corrected chi connectivity index (χ3v) is 8.98. The van der Waals surface area contributed by atoms with Crippen LogP contribution in [0.3, 0.4) is 0 Å². The zero-order chi connectivity index (χ0) is 24.3. The minimum atomic E-state index is -0.241. The highest BCUT2D eigenvalue weighted by Crippen LogP contribution is 2.47. The van der Waals surface area contributed by atoms with Gasteiger partial charge in [-0.25, -0.2) is 9.50 Å². The standard InChI is InChI=1S/C26H34N6OS/c1-13(2)21-22-17(6)24(18-7-8-31(9-14(18)3)11-20(27)33)34-26(22)30-23(21)19-10-32-25(28-12-29-32)16(5)15(19)4/h10,12-14,18,30H,7-9,11H2,1-6H3,(H2,27,33)/t14-,18+/m1/s1. The Kier molecular flexibility index (Phi) is 5.76. The minimum absolute atomic E-state index is 0.241. The molecule has 1 aliphatic rings. The van der Waals surface area contributed by atoms with E-state index in [1.54, 1.807) is 6.33 Å². The second kappa shape index (κ2) is 8.50. The number of aromatic nitrogens is 4. The van der Waals surface area contributed by atoms with Gasteiger partial charge in [-0.3, -0.25) is 9.69 Å². The summed E-state index contributed by atoms with van der Waals surface area (Å²) in [6.45, 7) is 15.7. The van der Waals surface area contributed by atoms with E-state index < -0.39 is 0 Å². The number of rotatable bonds is 5. The number of primary amides is 1. The van der Waals surface area contributed by atoms with E-state index >= 15 is 0 Å². The average molecular weight is 479 g/mol. The van der Waals surface area contributed by atoms with Crippen LogP contribution in [0.4, 0.5) is 0 Å². The Hall–Kier alpha value is -2.71. The number of aromatic amines is 1. The number of thiophene rings is 1. The highest BCUT2D eigenvalue weighted by Gasteiger charge is 2.32. The first-order valence-electron chi connectivity index (χ1n) is 12.1. The minimum Gasteiger partial charge on any atom is -0.369 e. The molecule has 2 atom stereocenters. The first-order valence-corrected chi connectivity index (χ1v) is 12.9. The molecule has 0 aliphatic carbocycles. The quantitative estimate of drug-likeness (QED) is 0.427. The molecule has 1 saturated heterocycles. The Labute approximate surface area is 204 Å². The number of carbonyl (C=O) groups excluding carboxylic acids is 1. The summed E-state index contributed by atoms with van der Waals surface area (Å²) in [6.07, 6.45) is 4.79. The molecule has 1 amide bonds. The smallest absolute Gasteiger partial charge is 0.231 e. The van der Waals surface area contributed by atoms with Crippen molar-refractivity contribution in [2.24, 2.45) is 11.7 Å². The monoisotopic (exact) mass is 478 g/mol. The Morgan fingerprint density at radius 3 is 2.71 bits per heavy atom. The van der Waals surface area contributed by atoms with Crippen molar-refractivity contribution in [2.75, 3.05) is 19.6 Å². The maximum Gasteiger partial charge on any atom is 0.231 e. The highest BCUT2D eigenvalue weighted by atomic mass is 32.1. The Bertz CT molecular complexity index is 1390. The fourth-order valence-electron chi connectivity index (χ4n) is 5.83. The van der Waals surface area contributed by atoms with Gasteiger partial charge in [0.05, 0.1) is 12.2 Å². The Morgan fingerprint density at radius 2 is 2.03 bits per heavy atom. The predicted octanol–water partition coefficient (Wildman–Crippen LogP) is 4.90. The number of nitrogens with one attached hydrogen (secondary N) is 1. The van der Waals surface area contributed by atoms with Gasteiger partial charge in [0.15, 0.2) is 5.65 Å². The summed E-state index contributed by atoms with van der Waals surface area (Å²) in [5.74, 6) is 1.13. The molecule has 0 aromatic carbocycles. The number of piperidine rings is 1. The van der Waals surface area contributed by atoms with Crippen LogP contribution in [0.1, 0.15) is 66.2 Å². The van der Waals surface area contributed by atoms with Crippen LogP contribution in [-0.2, 0) is 4.79 Å². The third kappa shape index (κ3) is 3.64. The first kappa shape index (κ1) is 23.1. The van der Waals surface area contributed by atoms with Gasteiger partial charge in [0, 0.05) is 28.6 Å². The average Bonchev–Trinajstić information content (AvgIpc) is 3.45. The zero-order valence-electron chi connectivity index (χ0n) is 20.9. The molecule has 0 radical (unpaired) electrons. The van der Waals surface area contributed by atoms with E-state index in [-0.39, 0.29) is 5.91 Å². The maximum absolute atomic E-state index is 11.4. The molecule has 0 spiro atoms. The van der Waals surface area contributed by atoms with Crippen LogP contribution < -0.4 is 5.73 Å². The molecule has 180 valence electrons. The summed E-state index contributed by atoms with van der Waals surface area (Å²) in [7, 11) is 0. The number of hydrogen-bond donors (Lipinski definition) is 2. The van der Waals surface area contributed by atoms with Crippen molar-refractivity contribution >= 4 is 33.1 Å². The summed E-state index contributed by atoms with van der Waals surface area (Å²) < 4.78 is 1.89. The lowest BCUT2D eigenvalue weighted by molar-refractivity contribution is -0.119. The van der Waals surface area contributed by atoms with Gasteiger partial charge in [-0.15, -0.1) is 11.3 Å². The van der Waals surface area contributed by atoms with E-state index in [0.717, 1.165) is 30.7 Å². The van der Waals surface area contributed by atoms with Gasteiger partial charge < -0.3 is 10.7 Å². The molecule has 0 bridgehead atoms. The number of amides is 1. The number of hydrogen-bond acceptors (Lipinski definition) is 5. The Balaban J connectivity index is 1.59. The molecule has 0 unspecified atom stereocenters. The van der Waals surface area contributed by atoms with Crippen molar-refractivity contribution in [3.63, 3.8) is 0 Å². The van der Waals surface area contributed by atoms with Crippen molar-refractivity contribution in [3.8, 4) is 11.3 Å². The number of pyridine rings is 1. The summed E-state index contributed by atoms with van der Waals surface area (Å²) >= 11 is 1.91. The number of H-pyrrole nitrogens is 1. The van der Waals surface area contributed by atoms with E-state index in [0.29, 0.717) is 24.3 Å². The van der Waals surface area contributed by atoms with Crippen LogP contribution >= 0.6 is 11.3 Å². The van der Waals surface area contributed by atoms with Crippen LogP contribution in [0, 0.1) is 26.7 Å². The van der Waals surface area contributed by atoms with Crippen molar-refractivity contribution in [1.29, 1.82) is 0 Å². The normalized spacial score (nSPS) is 19.6. The molecule has 7 nitrogen and oxygen atoms in total. The molecule has 3 N–H and O–H groups in total. The fourth-order valence-corrected chi connectivity index (χ4v) is 7.33. The summed E-state index contributed by atoms with van der Waals surface area (Å²) in [6, 6.07) is 0. The molecule has 1 aliphatic heterocycles. The van der Waals surface area contributed by atoms with Crippen molar-refractivity contribution in [1.82, 2.24) is 24.5 Å². The van der Waals surface area contributed by atoms with Gasteiger partial charge >= 0.3 is 0 Å². The molecule has 5 rings (SSSR count). The highest BCUT2D eigenvalue weighted by molar-refractivity contribution is 7.19. The van der Waals surface area contributed by atoms with Crippen molar-refractivity contribution in [3.05, 3.63) is 39.7 Å². The SMILES string of the molecule is Cc1c(-c2[nH]c3sc([C@H]4CCN(CC(N)=O)C[C@H]4C)c(C)c3c2C(C)C)cn2ncnc2c1C. The van der Waals surface area contributed by atoms with Gasteiger partial charge in [0.25, 0.3) is 0 Å². The number of likely N-dealkylation sites (tertiary alicyclic amines) is 1. The molecule has 5 heterocycles. The van der Waals surface area contributed by atoms with Crippen LogP contribution in [0.5, 0.6) is 0 Å². The second-order valence-corrected chi connectivity index (χ2v) is 11.3. The number of nitrogens with zero attached hydrogens (tertiary/aromatic N) is 4. The lowest BCUT2D eigenvalue weighted by atomic mass is 9.83. The molecule has 8 heteroatoms. The fraction of sp³-hybridized carbons (Fsp3) is 0.500. The van der Waals surface area contributed by atoms with E-state index in [2.05, 4.69) is 67.7 Å². The summed E-state index contributed by atoms with van der Waals surface area (Å²) in [4.78, 5) is 24.6. The van der Waals surface area contributed by atoms with Crippen LogP contribution in [0.25, 0.3) is 27.1 Å². The number of aryl methyl sites for hydroxylation is 2. The molecule has 1 fully saturated rings. The third-order valence-electron chi connectivity index (χ3n) is 7.64. The van der Waals surface area contributed by atoms with E-state index in [9.17, 15) is 4.79 Å². The number of carbonyl (C=O) groups is 1. The molecule has 34 heavy (non-hydrogen) atoms. The first-order chi connectivity index (χ1) is 16.2. The molecule has 0 saturated carbocycles. The second-order valence-electron chi connectivity index (χ2n) is 10.3. The van der Waals surface area contributed by atoms with Crippen molar-refractivity contribution < 1.29 is 4.79 Å². The zero-order valence-corrected chi connectivity index (χ0v) is 21.7. The van der Waals surface area contributed by atoms with Gasteiger partial charge in [-0.1, -0.05) is 20.8 Å². The molecular weight excluding hydrogens is 444 g/mol. The van der Waals surface area contributed by atoms with E-state index in [4.69, 9.17) is 5.73 Å². The van der Waals surface area contributed by atoms with Crippen LogP contribution in [-0.4, -0.2) is 50.0 Å². The van der Waals surface area contributed by atoms with E-state index in [1.165, 1.54) is 43.0 Å². The largest absolute Gasteiger partial charge is 0.369 e. The summed E-state index contributed by atoms with van der Waals surface area (Å²) in [5, 5.41) is 5.79. The maximum atomic E-state index is 11.4. The molecular formula is C26H34N6OS. The Morgan fingerprint density at radius 1 is 1.26 bits per heavy atom. The topological polar surface area (TPSA) is 92.3 Å². The summed E-state index contributed by atoms with van der Waals surface area (Å²) in [5.41, 5.74) is 13.9. The van der Waals surface area contributed by atoms with Gasteiger partial charge in [0.2, 0.25) is 5.91 Å². The molecule has 4 aromatic rings.